The van der Waals surface area contributed by atoms with Gasteiger partial charge in [-0.3, -0.25) is 0 Å². The Hall–Kier alpha value is -1.50. The van der Waals surface area contributed by atoms with Crippen molar-refractivity contribution in [1.29, 1.82) is 5.26 Å². The Morgan fingerprint density at radius 2 is 2.09 bits per heavy atom. The normalized spacial score (nSPS) is 9.18. The van der Waals surface area contributed by atoms with Crippen LogP contribution in [0.4, 0.5) is 0 Å². The number of hydrogen-bond acceptors (Lipinski definition) is 4. The van der Waals surface area contributed by atoms with Gasteiger partial charge in [0.15, 0.2) is 0 Å². The lowest BCUT2D eigenvalue weighted by Crippen LogP contribution is -2.01. The molecule has 0 spiro atoms. The zero-order valence-corrected chi connectivity index (χ0v) is 6.50. The maximum absolute atomic E-state index is 8.37. The van der Waals surface area contributed by atoms with E-state index in [4.69, 9.17) is 5.26 Å². The molecule has 4 heteroatoms. The highest BCUT2D eigenvalue weighted by atomic mass is 15.2. The first-order valence-electron chi connectivity index (χ1n) is 3.28. The monoisotopic (exact) mass is 148 g/mol. The molecule has 0 aromatic carbocycles. The van der Waals surface area contributed by atoms with Crippen LogP contribution in [-0.4, -0.2) is 15.2 Å². The molecule has 0 unspecified atom stereocenters. The van der Waals surface area contributed by atoms with Gasteiger partial charge in [-0.1, -0.05) is 0 Å². The summed E-state index contributed by atoms with van der Waals surface area (Å²) in [6.07, 6.45) is 0.284. The standard InChI is InChI=1S/C7H8N4/c1-5-7(3-4-8)11-10-6(2)9-5/h3H2,1-2H3. The summed E-state index contributed by atoms with van der Waals surface area (Å²) < 4.78 is 0. The average molecular weight is 148 g/mol. The predicted molar refractivity (Wildman–Crippen MR) is 38.6 cm³/mol. The molecule has 0 atom stereocenters. The minimum absolute atomic E-state index is 0.284. The highest BCUT2D eigenvalue weighted by molar-refractivity contribution is 5.11. The molecule has 1 aromatic heterocycles. The molecule has 0 N–H and O–H groups in total. The second-order valence-corrected chi connectivity index (χ2v) is 2.23. The van der Waals surface area contributed by atoms with Gasteiger partial charge in [-0.2, -0.15) is 10.4 Å². The molecule has 0 saturated carbocycles. The fourth-order valence-corrected chi connectivity index (χ4v) is 0.773. The van der Waals surface area contributed by atoms with Crippen molar-refractivity contribution in [1.82, 2.24) is 15.2 Å². The van der Waals surface area contributed by atoms with Crippen LogP contribution in [0.15, 0.2) is 0 Å². The summed E-state index contributed by atoms with van der Waals surface area (Å²) in [5.74, 6) is 0.643. The van der Waals surface area contributed by atoms with Crippen molar-refractivity contribution in [3.8, 4) is 6.07 Å². The van der Waals surface area contributed by atoms with E-state index in [0.29, 0.717) is 11.5 Å². The first-order chi connectivity index (χ1) is 5.24. The number of hydrogen-bond donors (Lipinski definition) is 0. The fraction of sp³-hybridized carbons (Fsp3) is 0.429. The van der Waals surface area contributed by atoms with E-state index in [9.17, 15) is 0 Å². The lowest BCUT2D eigenvalue weighted by atomic mass is 10.3. The molecular weight excluding hydrogens is 140 g/mol. The number of rotatable bonds is 1. The van der Waals surface area contributed by atoms with Crippen molar-refractivity contribution in [2.45, 2.75) is 20.3 Å². The Morgan fingerprint density at radius 1 is 1.36 bits per heavy atom. The van der Waals surface area contributed by atoms with E-state index in [2.05, 4.69) is 15.2 Å². The van der Waals surface area contributed by atoms with Crippen LogP contribution in [0, 0.1) is 25.2 Å². The van der Waals surface area contributed by atoms with E-state index >= 15 is 0 Å². The second kappa shape index (κ2) is 3.06. The van der Waals surface area contributed by atoms with Crippen LogP contribution in [0.2, 0.25) is 0 Å². The van der Waals surface area contributed by atoms with Crippen LogP contribution in [0.5, 0.6) is 0 Å². The Kier molecular flexibility index (Phi) is 2.12. The summed E-state index contributed by atoms with van der Waals surface area (Å²) in [6.45, 7) is 3.60. The molecule has 1 rings (SSSR count). The third-order valence-corrected chi connectivity index (χ3v) is 1.31. The first kappa shape index (κ1) is 7.61. The van der Waals surface area contributed by atoms with E-state index < -0.39 is 0 Å². The largest absolute Gasteiger partial charge is 0.235 e. The van der Waals surface area contributed by atoms with E-state index in [0.717, 1.165) is 5.69 Å². The smallest absolute Gasteiger partial charge is 0.148 e. The van der Waals surface area contributed by atoms with Crippen LogP contribution >= 0.6 is 0 Å². The molecular formula is C7H8N4. The summed E-state index contributed by atoms with van der Waals surface area (Å²) in [4.78, 5) is 4.07. The van der Waals surface area contributed by atoms with Crippen molar-refractivity contribution in [2.24, 2.45) is 0 Å². The minimum atomic E-state index is 0.284. The van der Waals surface area contributed by atoms with Gasteiger partial charge in [0.25, 0.3) is 0 Å². The molecule has 4 nitrogen and oxygen atoms in total. The van der Waals surface area contributed by atoms with Gasteiger partial charge in [-0.25, -0.2) is 4.98 Å². The van der Waals surface area contributed by atoms with Crippen molar-refractivity contribution in [3.05, 3.63) is 17.2 Å². The molecule has 0 fully saturated rings. The van der Waals surface area contributed by atoms with Gasteiger partial charge in [0.05, 0.1) is 23.9 Å². The molecule has 11 heavy (non-hydrogen) atoms. The number of aromatic nitrogens is 3. The topological polar surface area (TPSA) is 62.5 Å². The molecule has 0 saturated heterocycles. The minimum Gasteiger partial charge on any atom is -0.235 e. The molecule has 0 aliphatic rings. The van der Waals surface area contributed by atoms with Gasteiger partial charge < -0.3 is 0 Å². The SMILES string of the molecule is Cc1nnc(CC#N)c(C)n1. The Bertz CT molecular complexity index is 300. The second-order valence-electron chi connectivity index (χ2n) is 2.23. The zero-order chi connectivity index (χ0) is 8.27. The Labute approximate surface area is 64.9 Å². The molecule has 1 aromatic rings. The van der Waals surface area contributed by atoms with Crippen molar-refractivity contribution in [2.75, 3.05) is 0 Å². The predicted octanol–water partition coefficient (Wildman–Crippen LogP) is 0.555. The molecule has 0 aliphatic heterocycles. The third-order valence-electron chi connectivity index (χ3n) is 1.31. The lowest BCUT2D eigenvalue weighted by Gasteiger charge is -1.97. The van der Waals surface area contributed by atoms with Gasteiger partial charge in [0.2, 0.25) is 0 Å². The average Bonchev–Trinajstić information content (AvgIpc) is 1.95. The van der Waals surface area contributed by atoms with Gasteiger partial charge in [-0.15, -0.1) is 5.10 Å². The summed E-state index contributed by atoms with van der Waals surface area (Å²) in [7, 11) is 0. The number of nitriles is 1. The van der Waals surface area contributed by atoms with Crippen LogP contribution in [-0.2, 0) is 6.42 Å². The van der Waals surface area contributed by atoms with Crippen LogP contribution < -0.4 is 0 Å². The highest BCUT2D eigenvalue weighted by Gasteiger charge is 2.00. The van der Waals surface area contributed by atoms with Gasteiger partial charge in [-0.05, 0) is 13.8 Å². The summed E-state index contributed by atoms with van der Waals surface area (Å²) >= 11 is 0. The summed E-state index contributed by atoms with van der Waals surface area (Å²) in [5, 5.41) is 15.9. The summed E-state index contributed by atoms with van der Waals surface area (Å²) in [5.41, 5.74) is 1.46. The summed E-state index contributed by atoms with van der Waals surface area (Å²) in [6, 6.07) is 2.00. The van der Waals surface area contributed by atoms with E-state index in [1.807, 2.05) is 13.0 Å². The maximum atomic E-state index is 8.37. The van der Waals surface area contributed by atoms with Crippen LogP contribution in [0.25, 0.3) is 0 Å². The molecule has 1 heterocycles. The van der Waals surface area contributed by atoms with Crippen LogP contribution in [0.3, 0.4) is 0 Å². The van der Waals surface area contributed by atoms with Gasteiger partial charge >= 0.3 is 0 Å². The van der Waals surface area contributed by atoms with Crippen molar-refractivity contribution in [3.63, 3.8) is 0 Å². The van der Waals surface area contributed by atoms with E-state index in [1.165, 1.54) is 0 Å². The Balaban J connectivity index is 3.01. The lowest BCUT2D eigenvalue weighted by molar-refractivity contribution is 0.832. The Morgan fingerprint density at radius 3 is 2.64 bits per heavy atom. The zero-order valence-electron chi connectivity index (χ0n) is 6.50. The molecule has 0 radical (unpaired) electrons. The van der Waals surface area contributed by atoms with Crippen molar-refractivity contribution < 1.29 is 0 Å². The third kappa shape index (κ3) is 1.71. The number of nitrogens with zero attached hydrogens (tertiary/aromatic N) is 4. The van der Waals surface area contributed by atoms with E-state index in [-0.39, 0.29) is 6.42 Å². The molecule has 56 valence electrons. The van der Waals surface area contributed by atoms with E-state index in [1.54, 1.807) is 6.92 Å². The molecule has 0 bridgehead atoms. The molecule has 0 aliphatic carbocycles. The van der Waals surface area contributed by atoms with Gasteiger partial charge in [0, 0.05) is 0 Å². The van der Waals surface area contributed by atoms with Crippen LogP contribution in [0.1, 0.15) is 17.2 Å². The molecule has 0 amide bonds. The maximum Gasteiger partial charge on any atom is 0.148 e. The highest BCUT2D eigenvalue weighted by Crippen LogP contribution is 1.99. The van der Waals surface area contributed by atoms with Gasteiger partial charge in [0.1, 0.15) is 5.82 Å². The first-order valence-corrected chi connectivity index (χ1v) is 3.28. The quantitative estimate of drug-likeness (QED) is 0.583. The number of aryl methyl sites for hydroxylation is 2. The van der Waals surface area contributed by atoms with Crippen molar-refractivity contribution >= 4 is 0 Å². The fourth-order valence-electron chi connectivity index (χ4n) is 0.773.